The smallest absolute Gasteiger partial charge is 0.326 e. The van der Waals surface area contributed by atoms with Crippen LogP contribution >= 0.6 is 0 Å². The molecule has 186 valence electrons. The van der Waals surface area contributed by atoms with E-state index in [1.54, 1.807) is 18.3 Å². The van der Waals surface area contributed by atoms with Crippen molar-refractivity contribution in [3.8, 4) is 0 Å². The van der Waals surface area contributed by atoms with Crippen LogP contribution in [0.25, 0.3) is 10.9 Å². The van der Waals surface area contributed by atoms with E-state index in [4.69, 9.17) is 10.8 Å². The van der Waals surface area contributed by atoms with Gasteiger partial charge in [-0.2, -0.15) is 0 Å². The minimum atomic E-state index is -1.57. The summed E-state index contributed by atoms with van der Waals surface area (Å²) in [6, 6.07) is 1.39. The van der Waals surface area contributed by atoms with Gasteiger partial charge in [-0.25, -0.2) is 4.79 Å². The number of carbonyl (C=O) groups is 4. The van der Waals surface area contributed by atoms with Crippen LogP contribution in [0.4, 0.5) is 0 Å². The highest BCUT2D eigenvalue weighted by Gasteiger charge is 2.32. The van der Waals surface area contributed by atoms with Gasteiger partial charge in [0.25, 0.3) is 0 Å². The molecular weight excluding hydrogens is 450 g/mol. The number of carboxylic acid groups (broad SMARTS) is 1. The monoisotopic (exact) mass is 479 g/mol. The first kappa shape index (κ1) is 26.7. The number of aromatic nitrogens is 1. The van der Waals surface area contributed by atoms with Crippen molar-refractivity contribution in [2.45, 2.75) is 43.6 Å². The Kier molecular flexibility index (Phi) is 9.50. The lowest BCUT2D eigenvalue weighted by Crippen LogP contribution is -2.60. The lowest BCUT2D eigenvalue weighted by atomic mass is 10.0. The highest BCUT2D eigenvalue weighted by atomic mass is 16.4. The molecule has 0 aliphatic heterocycles. The molecule has 0 aliphatic rings. The number of carboxylic acids is 1. The van der Waals surface area contributed by atoms with Crippen LogP contribution in [-0.2, 0) is 25.6 Å². The number of carbonyl (C=O) groups excluding carboxylic acids is 3. The predicted octanol–water partition coefficient (Wildman–Crippen LogP) is -3.06. The van der Waals surface area contributed by atoms with Gasteiger partial charge in [0.15, 0.2) is 0 Å². The van der Waals surface area contributed by atoms with Crippen LogP contribution in [-0.4, -0.2) is 92.6 Å². The summed E-state index contributed by atoms with van der Waals surface area (Å²) in [6.45, 7) is -0.382. The molecule has 0 saturated carbocycles. The summed E-state index contributed by atoms with van der Waals surface area (Å²) in [4.78, 5) is 51.8. The van der Waals surface area contributed by atoms with Gasteiger partial charge in [0.2, 0.25) is 17.7 Å². The fourth-order valence-corrected chi connectivity index (χ4v) is 3.20. The number of aliphatic carboxylic acids is 1. The normalized spacial score (nSPS) is 15.6. The Bertz CT molecular complexity index is 1020. The zero-order chi connectivity index (χ0) is 25.4. The van der Waals surface area contributed by atoms with E-state index in [0.29, 0.717) is 5.56 Å². The van der Waals surface area contributed by atoms with E-state index in [-0.39, 0.29) is 6.42 Å². The SMILES string of the molecule is CC(O)C(NC(=O)C(N)CO)C(=O)NC(CO)C(=O)NC(Cc1c[nH]c2ccccc12)C(=O)O. The van der Waals surface area contributed by atoms with Crippen LogP contribution in [0.5, 0.6) is 0 Å². The van der Waals surface area contributed by atoms with Crippen molar-refractivity contribution >= 4 is 34.6 Å². The number of fused-ring (bicyclic) bond motifs is 1. The van der Waals surface area contributed by atoms with Crippen molar-refractivity contribution in [2.75, 3.05) is 13.2 Å². The summed E-state index contributed by atoms with van der Waals surface area (Å²) in [7, 11) is 0. The molecule has 10 N–H and O–H groups in total. The number of H-pyrrole nitrogens is 1. The number of para-hydroxylation sites is 1. The maximum atomic E-state index is 12.6. The van der Waals surface area contributed by atoms with Crippen molar-refractivity contribution in [3.63, 3.8) is 0 Å². The van der Waals surface area contributed by atoms with Gasteiger partial charge in [-0.1, -0.05) is 18.2 Å². The summed E-state index contributed by atoms with van der Waals surface area (Å²) in [5.74, 6) is -4.25. The molecule has 5 unspecified atom stereocenters. The molecule has 34 heavy (non-hydrogen) atoms. The average Bonchev–Trinajstić information content (AvgIpc) is 3.21. The Morgan fingerprint density at radius 2 is 1.62 bits per heavy atom. The molecule has 5 atom stereocenters. The Morgan fingerprint density at radius 1 is 0.971 bits per heavy atom. The number of aliphatic hydroxyl groups excluding tert-OH is 3. The molecule has 1 heterocycles. The minimum Gasteiger partial charge on any atom is -0.480 e. The quantitative estimate of drug-likeness (QED) is 0.150. The van der Waals surface area contributed by atoms with E-state index in [9.17, 15) is 34.5 Å². The van der Waals surface area contributed by atoms with E-state index in [1.165, 1.54) is 6.92 Å². The second-order valence-corrected chi connectivity index (χ2v) is 7.72. The molecule has 0 aliphatic carbocycles. The van der Waals surface area contributed by atoms with Gasteiger partial charge >= 0.3 is 5.97 Å². The molecule has 2 aromatic rings. The molecule has 3 amide bonds. The van der Waals surface area contributed by atoms with E-state index in [2.05, 4.69) is 20.9 Å². The van der Waals surface area contributed by atoms with Crippen LogP contribution in [0.3, 0.4) is 0 Å². The first-order chi connectivity index (χ1) is 16.1. The predicted molar refractivity (Wildman–Crippen MR) is 119 cm³/mol. The van der Waals surface area contributed by atoms with Crippen LogP contribution in [0, 0.1) is 0 Å². The van der Waals surface area contributed by atoms with Crippen molar-refractivity contribution in [2.24, 2.45) is 5.73 Å². The number of hydrogen-bond donors (Lipinski definition) is 9. The van der Waals surface area contributed by atoms with Crippen LogP contribution in [0.2, 0.25) is 0 Å². The maximum absolute atomic E-state index is 12.6. The van der Waals surface area contributed by atoms with E-state index >= 15 is 0 Å². The number of aromatic amines is 1. The Morgan fingerprint density at radius 3 is 2.21 bits per heavy atom. The minimum absolute atomic E-state index is 0.0669. The molecule has 1 aromatic heterocycles. The lowest BCUT2D eigenvalue weighted by molar-refractivity contribution is -0.142. The molecular formula is C21H29N5O8. The molecule has 0 fully saturated rings. The van der Waals surface area contributed by atoms with Gasteiger partial charge in [0, 0.05) is 23.5 Å². The summed E-state index contributed by atoms with van der Waals surface area (Å²) < 4.78 is 0. The summed E-state index contributed by atoms with van der Waals surface area (Å²) in [6.07, 6.45) is 0.152. The maximum Gasteiger partial charge on any atom is 0.326 e. The zero-order valence-corrected chi connectivity index (χ0v) is 18.4. The third-order valence-corrected chi connectivity index (χ3v) is 5.13. The standard InChI is InChI=1S/C21H29N5O8/c1-10(29)17(26-18(30)13(22)8-27)20(32)25-16(9-28)19(31)24-15(21(33)34)6-11-7-23-14-5-3-2-4-12(11)14/h2-5,7,10,13,15-17,23,27-29H,6,8-9,22H2,1H3,(H,24,31)(H,25,32)(H,26,30)(H,33,34). The van der Waals surface area contributed by atoms with E-state index in [0.717, 1.165) is 10.9 Å². The third kappa shape index (κ3) is 6.74. The van der Waals surface area contributed by atoms with Gasteiger partial charge in [-0.3, -0.25) is 14.4 Å². The van der Waals surface area contributed by atoms with Crippen molar-refractivity contribution in [1.82, 2.24) is 20.9 Å². The molecule has 0 saturated heterocycles. The number of rotatable bonds is 12. The first-order valence-electron chi connectivity index (χ1n) is 10.4. The molecule has 1 aromatic carbocycles. The molecule has 13 heteroatoms. The zero-order valence-electron chi connectivity index (χ0n) is 18.4. The van der Waals surface area contributed by atoms with Crippen LogP contribution in [0.15, 0.2) is 30.5 Å². The fraction of sp³-hybridized carbons (Fsp3) is 0.429. The number of aliphatic hydroxyl groups is 3. The van der Waals surface area contributed by atoms with Gasteiger partial charge < -0.3 is 47.1 Å². The highest BCUT2D eigenvalue weighted by molar-refractivity contribution is 5.94. The topological polar surface area (TPSA) is 227 Å². The number of hydrogen-bond acceptors (Lipinski definition) is 8. The van der Waals surface area contributed by atoms with Crippen molar-refractivity contribution < 1.29 is 39.6 Å². The van der Waals surface area contributed by atoms with Gasteiger partial charge in [-0.05, 0) is 18.6 Å². The molecule has 0 spiro atoms. The largest absolute Gasteiger partial charge is 0.480 e. The molecule has 13 nitrogen and oxygen atoms in total. The van der Waals surface area contributed by atoms with Crippen LogP contribution < -0.4 is 21.7 Å². The Labute approximate surface area is 194 Å². The number of nitrogens with one attached hydrogen (secondary N) is 4. The van der Waals surface area contributed by atoms with E-state index in [1.807, 2.05) is 12.1 Å². The van der Waals surface area contributed by atoms with Crippen molar-refractivity contribution in [1.29, 1.82) is 0 Å². The van der Waals surface area contributed by atoms with Crippen molar-refractivity contribution in [3.05, 3.63) is 36.0 Å². The number of benzene rings is 1. The van der Waals surface area contributed by atoms with Crippen LogP contribution in [0.1, 0.15) is 12.5 Å². The fourth-order valence-electron chi connectivity index (χ4n) is 3.20. The second-order valence-electron chi connectivity index (χ2n) is 7.72. The van der Waals surface area contributed by atoms with Gasteiger partial charge in [0.1, 0.15) is 24.2 Å². The Balaban J connectivity index is 2.09. The summed E-state index contributed by atoms with van der Waals surface area (Å²) in [5, 5.41) is 45.3. The van der Waals surface area contributed by atoms with Gasteiger partial charge in [-0.15, -0.1) is 0 Å². The summed E-state index contributed by atoms with van der Waals surface area (Å²) >= 11 is 0. The van der Waals surface area contributed by atoms with E-state index < -0.39 is 67.2 Å². The average molecular weight is 479 g/mol. The lowest BCUT2D eigenvalue weighted by Gasteiger charge is -2.25. The highest BCUT2D eigenvalue weighted by Crippen LogP contribution is 2.19. The molecule has 0 radical (unpaired) electrons. The molecule has 0 bridgehead atoms. The third-order valence-electron chi connectivity index (χ3n) is 5.13. The van der Waals surface area contributed by atoms with Gasteiger partial charge in [0.05, 0.1) is 19.3 Å². The summed E-state index contributed by atoms with van der Waals surface area (Å²) in [5.41, 5.74) is 6.81. The second kappa shape index (κ2) is 12.1. The Hall–Kier alpha value is -3.52. The first-order valence-corrected chi connectivity index (χ1v) is 10.4. The number of nitrogens with two attached hydrogens (primary N) is 1. The number of amides is 3. The molecule has 2 rings (SSSR count).